The van der Waals surface area contributed by atoms with Crippen LogP contribution in [0.3, 0.4) is 0 Å². The summed E-state index contributed by atoms with van der Waals surface area (Å²) < 4.78 is 23.7. The van der Waals surface area contributed by atoms with Crippen molar-refractivity contribution in [3.8, 4) is 0 Å². The summed E-state index contributed by atoms with van der Waals surface area (Å²) in [6, 6.07) is 0. The number of methoxy groups -OCH3 is 2. The Morgan fingerprint density at radius 2 is 1.68 bits per heavy atom. The normalized spacial score (nSPS) is 40.8. The van der Waals surface area contributed by atoms with Crippen LogP contribution in [0.25, 0.3) is 0 Å². The lowest BCUT2D eigenvalue weighted by Gasteiger charge is -2.59. The van der Waals surface area contributed by atoms with Crippen molar-refractivity contribution in [2.75, 3.05) is 40.6 Å². The van der Waals surface area contributed by atoms with E-state index in [0.717, 1.165) is 64.6 Å². The molecule has 0 aromatic rings. The molecule has 0 saturated heterocycles. The number of ether oxygens (including phenoxy) is 4. The van der Waals surface area contributed by atoms with Crippen molar-refractivity contribution in [3.63, 3.8) is 0 Å². The number of rotatable bonds is 15. The van der Waals surface area contributed by atoms with E-state index < -0.39 is 5.60 Å². The molecule has 0 heterocycles. The van der Waals surface area contributed by atoms with Gasteiger partial charge in [0, 0.05) is 27.4 Å². The van der Waals surface area contributed by atoms with E-state index in [4.69, 9.17) is 18.9 Å². The first kappa shape index (κ1) is 30.8. The molecule has 214 valence electrons. The maximum atomic E-state index is 12.2. The first-order valence-electron chi connectivity index (χ1n) is 14.9. The highest BCUT2D eigenvalue weighted by molar-refractivity contribution is 5.09. The topological polar surface area (TPSA) is 57.2 Å². The van der Waals surface area contributed by atoms with E-state index in [-0.39, 0.29) is 17.4 Å². The second kappa shape index (κ2) is 14.1. The number of hydrogen-bond donors (Lipinski definition) is 1. The average Bonchev–Trinajstić information content (AvgIpc) is 3.19. The van der Waals surface area contributed by atoms with Gasteiger partial charge in [0.05, 0.1) is 31.0 Å². The standard InChI is InChI=1S/C32H56O5/c1-8-17-36-19-10-11-23(3)26-12-13-28(32(26,5)33)30-27(15-20-37-18-9-2)31(4)16-14-25(34-6)21-24(31)22-29(30)35-7/h8-9,23-30,33H,1-2,10-22H2,3-7H3/t23-,24+,25-,26-,27+,28+,29-,30-,31+,32-/m1/s1. The van der Waals surface area contributed by atoms with E-state index >= 15 is 0 Å². The zero-order valence-electron chi connectivity index (χ0n) is 24.5. The Kier molecular flexibility index (Phi) is 11.7. The van der Waals surface area contributed by atoms with Gasteiger partial charge in [-0.3, -0.25) is 0 Å². The third kappa shape index (κ3) is 6.90. The van der Waals surface area contributed by atoms with Gasteiger partial charge in [-0.25, -0.2) is 0 Å². The van der Waals surface area contributed by atoms with Crippen molar-refractivity contribution in [2.45, 2.75) is 96.4 Å². The molecule has 1 N–H and O–H groups in total. The summed E-state index contributed by atoms with van der Waals surface area (Å²) in [5.41, 5.74) is -0.482. The van der Waals surface area contributed by atoms with Crippen molar-refractivity contribution >= 4 is 0 Å². The van der Waals surface area contributed by atoms with Gasteiger partial charge >= 0.3 is 0 Å². The van der Waals surface area contributed by atoms with Crippen molar-refractivity contribution < 1.29 is 24.1 Å². The molecule has 37 heavy (non-hydrogen) atoms. The zero-order valence-corrected chi connectivity index (χ0v) is 24.5. The van der Waals surface area contributed by atoms with E-state index in [1.165, 1.54) is 6.42 Å². The second-order valence-electron chi connectivity index (χ2n) is 12.7. The molecular weight excluding hydrogens is 464 g/mol. The summed E-state index contributed by atoms with van der Waals surface area (Å²) in [5, 5.41) is 12.2. The Labute approximate surface area is 227 Å². The van der Waals surface area contributed by atoms with Gasteiger partial charge in [0.15, 0.2) is 0 Å². The van der Waals surface area contributed by atoms with Gasteiger partial charge in [0.1, 0.15) is 0 Å². The first-order chi connectivity index (χ1) is 17.7. The number of fused-ring (bicyclic) bond motifs is 1. The molecule has 3 rings (SSSR count). The fraction of sp³-hybridized carbons (Fsp3) is 0.875. The molecule has 3 saturated carbocycles. The van der Waals surface area contributed by atoms with Gasteiger partial charge in [0.25, 0.3) is 0 Å². The molecule has 0 amide bonds. The lowest BCUT2D eigenvalue weighted by atomic mass is 9.48. The summed E-state index contributed by atoms with van der Waals surface area (Å²) in [4.78, 5) is 0. The molecule has 0 aromatic carbocycles. The fourth-order valence-electron chi connectivity index (χ4n) is 8.81. The van der Waals surface area contributed by atoms with Crippen LogP contribution in [0.5, 0.6) is 0 Å². The van der Waals surface area contributed by atoms with Crippen molar-refractivity contribution in [1.82, 2.24) is 0 Å². The minimum absolute atomic E-state index is 0.163. The molecule has 5 heteroatoms. The van der Waals surface area contributed by atoms with E-state index in [0.29, 0.717) is 48.9 Å². The molecule has 0 aromatic heterocycles. The Hall–Kier alpha value is -0.720. The summed E-state index contributed by atoms with van der Waals surface area (Å²) in [7, 11) is 3.74. The van der Waals surface area contributed by atoms with Crippen LogP contribution in [-0.2, 0) is 18.9 Å². The van der Waals surface area contributed by atoms with Gasteiger partial charge in [-0.05, 0) is 106 Å². The Morgan fingerprint density at radius 1 is 0.973 bits per heavy atom. The van der Waals surface area contributed by atoms with Crippen molar-refractivity contribution in [3.05, 3.63) is 25.3 Å². The molecule has 0 unspecified atom stereocenters. The molecule has 5 nitrogen and oxygen atoms in total. The predicted octanol–water partition coefficient (Wildman–Crippen LogP) is 6.45. The van der Waals surface area contributed by atoms with Crippen molar-refractivity contribution in [1.29, 1.82) is 0 Å². The van der Waals surface area contributed by atoms with Gasteiger partial charge in [0.2, 0.25) is 0 Å². The van der Waals surface area contributed by atoms with Crippen LogP contribution in [0.15, 0.2) is 25.3 Å². The third-order valence-electron chi connectivity index (χ3n) is 10.8. The first-order valence-corrected chi connectivity index (χ1v) is 14.9. The number of aliphatic hydroxyl groups is 1. The molecule has 0 bridgehead atoms. The Bertz CT molecular complexity index is 707. The van der Waals surface area contributed by atoms with Crippen LogP contribution in [0, 0.1) is 40.9 Å². The third-order valence-corrected chi connectivity index (χ3v) is 10.8. The highest BCUT2D eigenvalue weighted by Crippen LogP contribution is 2.62. The molecule has 0 radical (unpaired) electrons. The maximum Gasteiger partial charge on any atom is 0.0682 e. The SMILES string of the molecule is C=CCOCCC[C@@H](C)[C@H]1CC[C@@H]([C@@H]2[C@H](OC)C[C@@H]3C[C@H](OC)CC[C@]3(C)[C@H]2CCOCC=C)[C@]1(C)O. The molecular formula is C32H56O5. The summed E-state index contributed by atoms with van der Waals surface area (Å²) >= 11 is 0. The minimum Gasteiger partial charge on any atom is -0.390 e. The second-order valence-corrected chi connectivity index (χ2v) is 12.7. The largest absolute Gasteiger partial charge is 0.390 e. The summed E-state index contributed by atoms with van der Waals surface area (Å²) in [6.45, 7) is 17.2. The lowest BCUT2D eigenvalue weighted by Crippen LogP contribution is -2.58. The smallest absolute Gasteiger partial charge is 0.0682 e. The van der Waals surface area contributed by atoms with Crippen LogP contribution in [0.4, 0.5) is 0 Å². The quantitative estimate of drug-likeness (QED) is 0.199. The van der Waals surface area contributed by atoms with Gasteiger partial charge in [-0.1, -0.05) is 26.0 Å². The van der Waals surface area contributed by atoms with Crippen LogP contribution < -0.4 is 0 Å². The van der Waals surface area contributed by atoms with Gasteiger partial charge in [-0.2, -0.15) is 0 Å². The molecule has 10 atom stereocenters. The van der Waals surface area contributed by atoms with Crippen LogP contribution >= 0.6 is 0 Å². The molecule has 0 aliphatic heterocycles. The molecule has 3 aliphatic carbocycles. The predicted molar refractivity (Wildman–Crippen MR) is 151 cm³/mol. The number of hydrogen-bond acceptors (Lipinski definition) is 5. The average molecular weight is 521 g/mol. The van der Waals surface area contributed by atoms with Crippen molar-refractivity contribution in [2.24, 2.45) is 40.9 Å². The van der Waals surface area contributed by atoms with E-state index in [1.54, 1.807) is 6.08 Å². The lowest BCUT2D eigenvalue weighted by molar-refractivity contribution is -0.178. The Morgan fingerprint density at radius 3 is 2.32 bits per heavy atom. The monoisotopic (exact) mass is 520 g/mol. The van der Waals surface area contributed by atoms with Gasteiger partial charge in [-0.15, -0.1) is 13.2 Å². The van der Waals surface area contributed by atoms with Crippen LogP contribution in [0.1, 0.15) is 78.6 Å². The van der Waals surface area contributed by atoms with Crippen LogP contribution in [-0.4, -0.2) is 63.6 Å². The van der Waals surface area contributed by atoms with E-state index in [9.17, 15) is 5.11 Å². The fourth-order valence-corrected chi connectivity index (χ4v) is 8.81. The van der Waals surface area contributed by atoms with E-state index in [2.05, 4.69) is 33.9 Å². The van der Waals surface area contributed by atoms with Gasteiger partial charge < -0.3 is 24.1 Å². The summed E-state index contributed by atoms with van der Waals surface area (Å²) in [6.07, 6.45) is 13.9. The van der Waals surface area contributed by atoms with E-state index in [1.807, 2.05) is 20.3 Å². The summed E-state index contributed by atoms with van der Waals surface area (Å²) in [5.74, 6) is 2.38. The minimum atomic E-state index is -0.698. The highest BCUT2D eigenvalue weighted by atomic mass is 16.5. The zero-order chi connectivity index (χ0) is 27.1. The Balaban J connectivity index is 1.81. The highest BCUT2D eigenvalue weighted by Gasteiger charge is 2.60. The van der Waals surface area contributed by atoms with Crippen LogP contribution in [0.2, 0.25) is 0 Å². The molecule has 3 aliphatic rings. The molecule has 0 spiro atoms. The maximum absolute atomic E-state index is 12.2. The molecule has 3 fully saturated rings.